The van der Waals surface area contributed by atoms with Crippen LogP contribution in [-0.2, 0) is 4.79 Å². The number of aliphatic carboxylic acids is 1. The fourth-order valence-electron chi connectivity index (χ4n) is 2.74. The van der Waals surface area contributed by atoms with Crippen LogP contribution in [0.4, 0.5) is 0 Å². The molecule has 0 bridgehead atoms. The van der Waals surface area contributed by atoms with Gasteiger partial charge in [-0.05, 0) is 43.4 Å². The molecule has 2 aliphatic carbocycles. The summed E-state index contributed by atoms with van der Waals surface area (Å²) in [5.74, 6) is 2.62. The third-order valence-electron chi connectivity index (χ3n) is 3.92. The number of unbranched alkanes of at least 4 members (excludes halogenated alkanes) is 3. The maximum absolute atomic E-state index is 10.3. The Morgan fingerprint density at radius 1 is 1.13 bits per heavy atom. The highest BCUT2D eigenvalue weighted by atomic mass is 16.4. The molecule has 0 saturated heterocycles. The number of carboxylic acids is 1. The molecule has 2 unspecified atom stereocenters. The minimum Gasteiger partial charge on any atom is -0.481 e. The van der Waals surface area contributed by atoms with Gasteiger partial charge < -0.3 is 5.11 Å². The van der Waals surface area contributed by atoms with Crippen LogP contribution in [-0.4, -0.2) is 11.1 Å². The summed E-state index contributed by atoms with van der Waals surface area (Å²) in [5, 5.41) is 8.47. The van der Waals surface area contributed by atoms with Crippen molar-refractivity contribution < 1.29 is 9.90 Å². The average molecular weight is 210 g/mol. The standard InChI is InChI=1S/C13H22O2/c14-13(15)6-4-2-1-3-5-11-9-12(11)10-7-8-10/h10-12H,1-9H2,(H,14,15). The lowest BCUT2D eigenvalue weighted by Gasteiger charge is -1.99. The molecule has 0 aliphatic heterocycles. The Kier molecular flexibility index (Phi) is 3.66. The Balaban J connectivity index is 1.38. The van der Waals surface area contributed by atoms with Gasteiger partial charge in [-0.1, -0.05) is 25.7 Å². The molecule has 0 spiro atoms. The molecule has 2 saturated carbocycles. The van der Waals surface area contributed by atoms with Crippen LogP contribution in [0.1, 0.15) is 57.8 Å². The van der Waals surface area contributed by atoms with Crippen LogP contribution in [0.15, 0.2) is 0 Å². The van der Waals surface area contributed by atoms with Gasteiger partial charge in [0.1, 0.15) is 0 Å². The first-order valence-electron chi connectivity index (χ1n) is 6.49. The van der Waals surface area contributed by atoms with Gasteiger partial charge in [0.05, 0.1) is 0 Å². The molecule has 1 N–H and O–H groups in total. The van der Waals surface area contributed by atoms with E-state index < -0.39 is 5.97 Å². The van der Waals surface area contributed by atoms with Gasteiger partial charge >= 0.3 is 5.97 Å². The van der Waals surface area contributed by atoms with Gasteiger partial charge in [-0.3, -0.25) is 4.79 Å². The van der Waals surface area contributed by atoms with E-state index in [2.05, 4.69) is 0 Å². The lowest BCUT2D eigenvalue weighted by atomic mass is 10.1. The minimum atomic E-state index is -0.647. The number of hydrogen-bond donors (Lipinski definition) is 1. The van der Waals surface area contributed by atoms with E-state index in [1.54, 1.807) is 0 Å². The first-order valence-corrected chi connectivity index (χ1v) is 6.49. The third kappa shape index (κ3) is 3.84. The second-order valence-electron chi connectivity index (χ2n) is 5.34. The summed E-state index contributed by atoms with van der Waals surface area (Å²) in [7, 11) is 0. The molecule has 0 aromatic heterocycles. The first kappa shape index (κ1) is 11.0. The predicted molar refractivity (Wildman–Crippen MR) is 59.7 cm³/mol. The molecular formula is C13H22O2. The van der Waals surface area contributed by atoms with E-state index in [0.717, 1.165) is 30.6 Å². The highest BCUT2D eigenvalue weighted by Crippen LogP contribution is 2.56. The average Bonchev–Trinajstić information content (AvgIpc) is 2.98. The zero-order valence-corrected chi connectivity index (χ0v) is 9.45. The molecule has 15 heavy (non-hydrogen) atoms. The fourth-order valence-corrected chi connectivity index (χ4v) is 2.74. The normalized spacial score (nSPS) is 29.1. The van der Waals surface area contributed by atoms with Crippen LogP contribution in [0.2, 0.25) is 0 Å². The van der Waals surface area contributed by atoms with Gasteiger partial charge in [-0.15, -0.1) is 0 Å². The number of hydrogen-bond acceptors (Lipinski definition) is 1. The van der Waals surface area contributed by atoms with E-state index in [1.807, 2.05) is 0 Å². The SMILES string of the molecule is O=C(O)CCCCCCC1CC1C1CC1. The van der Waals surface area contributed by atoms with Crippen molar-refractivity contribution in [3.63, 3.8) is 0 Å². The smallest absolute Gasteiger partial charge is 0.303 e. The second-order valence-corrected chi connectivity index (χ2v) is 5.34. The predicted octanol–water partition coefficient (Wildman–Crippen LogP) is 3.46. The van der Waals surface area contributed by atoms with Gasteiger partial charge in [-0.2, -0.15) is 0 Å². The molecule has 2 nitrogen and oxygen atoms in total. The minimum absolute atomic E-state index is 0.355. The Bertz CT molecular complexity index is 221. The summed E-state index contributed by atoms with van der Waals surface area (Å²) < 4.78 is 0. The van der Waals surface area contributed by atoms with Crippen molar-refractivity contribution in [1.82, 2.24) is 0 Å². The van der Waals surface area contributed by atoms with Crippen LogP contribution in [0.25, 0.3) is 0 Å². The molecule has 86 valence electrons. The summed E-state index contributed by atoms with van der Waals surface area (Å²) in [5.41, 5.74) is 0. The summed E-state index contributed by atoms with van der Waals surface area (Å²) in [6.45, 7) is 0. The summed E-state index contributed by atoms with van der Waals surface area (Å²) >= 11 is 0. The molecule has 0 heterocycles. The fraction of sp³-hybridized carbons (Fsp3) is 0.923. The lowest BCUT2D eigenvalue weighted by Crippen LogP contribution is -1.93. The molecule has 2 fully saturated rings. The lowest BCUT2D eigenvalue weighted by molar-refractivity contribution is -0.137. The van der Waals surface area contributed by atoms with Crippen LogP contribution < -0.4 is 0 Å². The van der Waals surface area contributed by atoms with Crippen LogP contribution in [0.5, 0.6) is 0 Å². The zero-order valence-electron chi connectivity index (χ0n) is 9.45. The van der Waals surface area contributed by atoms with Gasteiger partial charge in [0.15, 0.2) is 0 Å². The van der Waals surface area contributed by atoms with E-state index in [9.17, 15) is 4.79 Å². The molecule has 0 radical (unpaired) electrons. The molecular weight excluding hydrogens is 188 g/mol. The van der Waals surface area contributed by atoms with Crippen molar-refractivity contribution in [1.29, 1.82) is 0 Å². The number of rotatable bonds is 8. The van der Waals surface area contributed by atoms with Crippen LogP contribution in [0, 0.1) is 17.8 Å². The van der Waals surface area contributed by atoms with Crippen molar-refractivity contribution in [3.05, 3.63) is 0 Å². The summed E-state index contributed by atoms with van der Waals surface area (Å²) in [6.07, 6.45) is 10.8. The van der Waals surface area contributed by atoms with Crippen molar-refractivity contribution in [2.24, 2.45) is 17.8 Å². The summed E-state index contributed by atoms with van der Waals surface area (Å²) in [4.78, 5) is 10.3. The number of carbonyl (C=O) groups is 1. The highest BCUT2D eigenvalue weighted by Gasteiger charge is 2.46. The van der Waals surface area contributed by atoms with Crippen LogP contribution >= 0.6 is 0 Å². The highest BCUT2D eigenvalue weighted by molar-refractivity contribution is 5.66. The van der Waals surface area contributed by atoms with Gasteiger partial charge in [0.2, 0.25) is 0 Å². The van der Waals surface area contributed by atoms with E-state index in [0.29, 0.717) is 6.42 Å². The van der Waals surface area contributed by atoms with Gasteiger partial charge in [0, 0.05) is 6.42 Å². The monoisotopic (exact) mass is 210 g/mol. The third-order valence-corrected chi connectivity index (χ3v) is 3.92. The van der Waals surface area contributed by atoms with E-state index in [4.69, 9.17) is 5.11 Å². The van der Waals surface area contributed by atoms with Crippen molar-refractivity contribution >= 4 is 5.97 Å². The molecule has 2 atom stereocenters. The zero-order chi connectivity index (χ0) is 10.7. The Morgan fingerprint density at radius 2 is 1.87 bits per heavy atom. The Hall–Kier alpha value is -0.530. The van der Waals surface area contributed by atoms with Gasteiger partial charge in [0.25, 0.3) is 0 Å². The maximum Gasteiger partial charge on any atom is 0.303 e. The quantitative estimate of drug-likeness (QED) is 0.623. The van der Waals surface area contributed by atoms with Crippen LogP contribution in [0.3, 0.4) is 0 Å². The Morgan fingerprint density at radius 3 is 2.53 bits per heavy atom. The Labute approximate surface area is 92.1 Å². The van der Waals surface area contributed by atoms with Gasteiger partial charge in [-0.25, -0.2) is 0 Å². The van der Waals surface area contributed by atoms with Crippen molar-refractivity contribution in [2.75, 3.05) is 0 Å². The molecule has 0 aromatic rings. The molecule has 2 rings (SSSR count). The van der Waals surface area contributed by atoms with Crippen molar-refractivity contribution in [3.8, 4) is 0 Å². The second kappa shape index (κ2) is 5.00. The molecule has 2 aliphatic rings. The largest absolute Gasteiger partial charge is 0.481 e. The van der Waals surface area contributed by atoms with E-state index in [1.165, 1.54) is 38.5 Å². The topological polar surface area (TPSA) is 37.3 Å². The molecule has 0 amide bonds. The first-order chi connectivity index (χ1) is 7.27. The number of carboxylic acid groups (broad SMARTS) is 1. The van der Waals surface area contributed by atoms with Crippen molar-refractivity contribution in [2.45, 2.75) is 57.8 Å². The molecule has 2 heteroatoms. The summed E-state index contributed by atoms with van der Waals surface area (Å²) in [6, 6.07) is 0. The molecule has 0 aromatic carbocycles. The van der Waals surface area contributed by atoms with E-state index in [-0.39, 0.29) is 0 Å². The maximum atomic E-state index is 10.3. The van der Waals surface area contributed by atoms with E-state index >= 15 is 0 Å².